The Morgan fingerprint density at radius 1 is 1.06 bits per heavy atom. The molecule has 0 spiro atoms. The molecule has 0 aliphatic rings. The zero-order valence-corrected chi connectivity index (χ0v) is 18.7. The van der Waals surface area contributed by atoms with Gasteiger partial charge in [-0.1, -0.05) is 54.1 Å². The highest BCUT2D eigenvalue weighted by atomic mass is 35.5. The largest absolute Gasteiger partial charge is 0.478 e. The molecule has 0 saturated heterocycles. The van der Waals surface area contributed by atoms with Gasteiger partial charge in [0.15, 0.2) is 5.43 Å². The third-order valence-corrected chi connectivity index (χ3v) is 5.81. The first-order chi connectivity index (χ1) is 15.3. The van der Waals surface area contributed by atoms with Crippen LogP contribution in [0.5, 0.6) is 0 Å². The normalized spacial score (nSPS) is 12.0. The highest BCUT2D eigenvalue weighted by Gasteiger charge is 2.21. The quantitative estimate of drug-likeness (QED) is 0.360. The molecule has 0 amide bonds. The molecule has 4 rings (SSSR count). The van der Waals surface area contributed by atoms with E-state index < -0.39 is 5.97 Å². The van der Waals surface area contributed by atoms with E-state index in [1.54, 1.807) is 19.1 Å². The Hall–Kier alpha value is -3.57. The van der Waals surface area contributed by atoms with Gasteiger partial charge in [0.25, 0.3) is 0 Å². The number of carboxylic acids is 1. The Kier molecular flexibility index (Phi) is 5.76. The summed E-state index contributed by atoms with van der Waals surface area (Å²) < 4.78 is 6.32. The molecular weight excluding hydrogens is 426 g/mol. The van der Waals surface area contributed by atoms with Crippen LogP contribution in [0.4, 0.5) is 5.69 Å². The van der Waals surface area contributed by atoms with Crippen molar-refractivity contribution in [1.82, 2.24) is 0 Å². The van der Waals surface area contributed by atoms with Crippen molar-refractivity contribution in [3.63, 3.8) is 0 Å². The molecule has 0 fully saturated rings. The number of fused-ring (bicyclic) bond motifs is 1. The van der Waals surface area contributed by atoms with E-state index in [4.69, 9.17) is 16.0 Å². The van der Waals surface area contributed by atoms with Crippen molar-refractivity contribution in [3.05, 3.63) is 98.2 Å². The van der Waals surface area contributed by atoms with Crippen molar-refractivity contribution in [3.8, 4) is 11.3 Å². The molecule has 0 bridgehead atoms. The second-order valence-electron chi connectivity index (χ2n) is 7.82. The molecule has 1 heterocycles. The molecule has 0 aliphatic heterocycles. The summed E-state index contributed by atoms with van der Waals surface area (Å²) >= 11 is 6.12. The maximum Gasteiger partial charge on any atom is 0.339 e. The van der Waals surface area contributed by atoms with Crippen LogP contribution in [0.3, 0.4) is 0 Å². The van der Waals surface area contributed by atoms with Crippen LogP contribution in [-0.4, -0.2) is 11.1 Å². The lowest BCUT2D eigenvalue weighted by molar-refractivity contribution is 0.0698. The van der Waals surface area contributed by atoms with E-state index in [9.17, 15) is 14.7 Å². The minimum absolute atomic E-state index is 0.000229. The number of carboxylic acid groups (broad SMARTS) is 1. The van der Waals surface area contributed by atoms with Crippen LogP contribution in [0.15, 0.2) is 69.9 Å². The number of hydrogen-bond donors (Lipinski definition) is 2. The van der Waals surface area contributed by atoms with Crippen LogP contribution in [0.1, 0.15) is 40.0 Å². The zero-order valence-electron chi connectivity index (χ0n) is 17.9. The Morgan fingerprint density at radius 2 is 1.78 bits per heavy atom. The van der Waals surface area contributed by atoms with Crippen LogP contribution in [0.25, 0.3) is 22.3 Å². The molecule has 1 aromatic heterocycles. The molecule has 3 aromatic carbocycles. The summed E-state index contributed by atoms with van der Waals surface area (Å²) in [6, 6.07) is 17.8. The number of nitrogens with one attached hydrogen (secondary N) is 1. The number of hydrogen-bond acceptors (Lipinski definition) is 4. The Labute approximate surface area is 190 Å². The van der Waals surface area contributed by atoms with Crippen LogP contribution in [0.2, 0.25) is 5.02 Å². The van der Waals surface area contributed by atoms with E-state index in [1.165, 1.54) is 6.07 Å². The maximum atomic E-state index is 13.2. The van der Waals surface area contributed by atoms with Crippen molar-refractivity contribution in [2.75, 3.05) is 5.32 Å². The zero-order chi connectivity index (χ0) is 23.0. The lowest BCUT2D eigenvalue weighted by atomic mass is 9.98. The van der Waals surface area contributed by atoms with Gasteiger partial charge in [0.1, 0.15) is 16.9 Å². The summed E-state index contributed by atoms with van der Waals surface area (Å²) in [4.78, 5) is 24.9. The number of aryl methyl sites for hydroxylation is 1. The third-order valence-electron chi connectivity index (χ3n) is 5.49. The standard InChI is InChI=1S/C26H22ClNO4/c1-14-12-18(16(3)28-21-11-7-10-20(27)22(21)26(30)31)25-19(13-14)23(29)15(2)24(32-25)17-8-5-4-6-9-17/h4-13,16,28H,1-3H3,(H,30,31)/t16-/m1/s1. The van der Waals surface area contributed by atoms with Crippen LogP contribution >= 0.6 is 11.6 Å². The lowest BCUT2D eigenvalue weighted by Crippen LogP contribution is -2.14. The highest BCUT2D eigenvalue weighted by molar-refractivity contribution is 6.34. The molecule has 0 unspecified atom stereocenters. The predicted molar refractivity (Wildman–Crippen MR) is 128 cm³/mol. The second kappa shape index (κ2) is 8.52. The van der Waals surface area contributed by atoms with Crippen molar-refractivity contribution in [2.45, 2.75) is 26.8 Å². The first kappa shape index (κ1) is 21.7. The summed E-state index contributed by atoms with van der Waals surface area (Å²) in [6.45, 7) is 5.57. The maximum absolute atomic E-state index is 13.2. The van der Waals surface area contributed by atoms with Crippen molar-refractivity contribution in [1.29, 1.82) is 0 Å². The lowest BCUT2D eigenvalue weighted by Gasteiger charge is -2.20. The van der Waals surface area contributed by atoms with Crippen LogP contribution < -0.4 is 10.7 Å². The van der Waals surface area contributed by atoms with Gasteiger partial charge in [-0.25, -0.2) is 4.79 Å². The number of anilines is 1. The van der Waals surface area contributed by atoms with Gasteiger partial charge < -0.3 is 14.8 Å². The number of rotatable bonds is 5. The molecule has 162 valence electrons. The van der Waals surface area contributed by atoms with Gasteiger partial charge in [-0.15, -0.1) is 0 Å². The fraction of sp³-hybridized carbons (Fsp3) is 0.154. The van der Waals surface area contributed by atoms with Crippen molar-refractivity contribution >= 4 is 34.2 Å². The average Bonchev–Trinajstić information content (AvgIpc) is 2.76. The van der Waals surface area contributed by atoms with E-state index in [1.807, 2.05) is 56.3 Å². The molecule has 0 aliphatic carbocycles. The second-order valence-corrected chi connectivity index (χ2v) is 8.22. The van der Waals surface area contributed by atoms with E-state index in [2.05, 4.69) is 5.32 Å². The highest BCUT2D eigenvalue weighted by Crippen LogP contribution is 2.33. The molecule has 5 nitrogen and oxygen atoms in total. The van der Waals surface area contributed by atoms with Crippen LogP contribution in [-0.2, 0) is 0 Å². The topological polar surface area (TPSA) is 79.5 Å². The minimum atomic E-state index is -1.12. The van der Waals surface area contributed by atoms with E-state index in [0.29, 0.717) is 28.0 Å². The summed E-state index contributed by atoms with van der Waals surface area (Å²) in [6.07, 6.45) is 0. The van der Waals surface area contributed by atoms with Gasteiger partial charge in [-0.05, 0) is 44.5 Å². The molecule has 1 atom stereocenters. The Bertz CT molecular complexity index is 1390. The Balaban J connectivity index is 1.90. The summed E-state index contributed by atoms with van der Waals surface area (Å²) in [5.41, 5.74) is 3.81. The predicted octanol–water partition coefficient (Wildman–Crippen LogP) is 6.60. The van der Waals surface area contributed by atoms with Crippen LogP contribution in [0, 0.1) is 13.8 Å². The number of halogens is 1. The first-order valence-electron chi connectivity index (χ1n) is 10.2. The fourth-order valence-corrected chi connectivity index (χ4v) is 4.18. The van der Waals surface area contributed by atoms with Crippen molar-refractivity contribution < 1.29 is 14.3 Å². The molecule has 2 N–H and O–H groups in total. The van der Waals surface area contributed by atoms with Gasteiger partial charge in [0.2, 0.25) is 0 Å². The first-order valence-corrected chi connectivity index (χ1v) is 10.6. The number of aromatic carboxylic acids is 1. The van der Waals surface area contributed by atoms with E-state index >= 15 is 0 Å². The molecule has 32 heavy (non-hydrogen) atoms. The van der Waals surface area contributed by atoms with Gasteiger partial charge in [0, 0.05) is 16.7 Å². The molecule has 0 saturated carbocycles. The van der Waals surface area contributed by atoms with Gasteiger partial charge in [-0.3, -0.25) is 4.79 Å². The van der Waals surface area contributed by atoms with Gasteiger partial charge in [-0.2, -0.15) is 0 Å². The van der Waals surface area contributed by atoms with E-state index in [-0.39, 0.29) is 22.1 Å². The number of benzene rings is 3. The summed E-state index contributed by atoms with van der Waals surface area (Å²) in [5.74, 6) is -0.595. The molecular formula is C26H22ClNO4. The molecule has 0 radical (unpaired) electrons. The summed E-state index contributed by atoms with van der Waals surface area (Å²) in [5, 5.41) is 13.5. The van der Waals surface area contributed by atoms with Gasteiger partial charge >= 0.3 is 5.97 Å². The summed E-state index contributed by atoms with van der Waals surface area (Å²) in [7, 11) is 0. The average molecular weight is 448 g/mol. The van der Waals surface area contributed by atoms with E-state index in [0.717, 1.165) is 16.7 Å². The molecule has 6 heteroatoms. The van der Waals surface area contributed by atoms with Gasteiger partial charge in [0.05, 0.1) is 22.1 Å². The molecule has 4 aromatic rings. The van der Waals surface area contributed by atoms with Crippen molar-refractivity contribution in [2.24, 2.45) is 0 Å². The third kappa shape index (κ3) is 3.87. The fourth-order valence-electron chi connectivity index (χ4n) is 3.93. The smallest absolute Gasteiger partial charge is 0.339 e. The minimum Gasteiger partial charge on any atom is -0.478 e. The SMILES string of the molecule is Cc1cc([C@@H](C)Nc2cccc(Cl)c2C(=O)O)c2oc(-c3ccccc3)c(C)c(=O)c2c1. The number of carbonyl (C=O) groups is 1. The Morgan fingerprint density at radius 3 is 2.47 bits per heavy atom. The monoisotopic (exact) mass is 447 g/mol.